The van der Waals surface area contributed by atoms with Crippen molar-refractivity contribution in [1.29, 1.82) is 5.26 Å². The maximum absolute atomic E-state index is 13.0. The zero-order valence-corrected chi connectivity index (χ0v) is 19.9. The van der Waals surface area contributed by atoms with Gasteiger partial charge in [-0.05, 0) is 51.7 Å². The normalized spacial score (nSPS) is 25.5. The number of pyridine rings is 1. The summed E-state index contributed by atoms with van der Waals surface area (Å²) in [6.45, 7) is 6.71. The van der Waals surface area contributed by atoms with E-state index in [1.54, 1.807) is 18.6 Å². The van der Waals surface area contributed by atoms with Gasteiger partial charge in [0.15, 0.2) is 0 Å². The van der Waals surface area contributed by atoms with Gasteiger partial charge in [-0.2, -0.15) is 5.26 Å². The number of fused-ring (bicyclic) bond motifs is 2. The molecule has 0 bridgehead atoms. The Balaban J connectivity index is 1.35. The van der Waals surface area contributed by atoms with Crippen molar-refractivity contribution in [1.82, 2.24) is 19.9 Å². The molecule has 1 amide bonds. The van der Waals surface area contributed by atoms with E-state index in [0.717, 1.165) is 62.8 Å². The summed E-state index contributed by atoms with van der Waals surface area (Å²) < 4.78 is 0. The minimum absolute atomic E-state index is 0.0259. The van der Waals surface area contributed by atoms with Gasteiger partial charge in [0.1, 0.15) is 23.8 Å². The second kappa shape index (κ2) is 7.93. The van der Waals surface area contributed by atoms with Crippen LogP contribution in [-0.2, 0) is 10.2 Å². The monoisotopic (exact) mass is 457 g/mol. The lowest BCUT2D eigenvalue weighted by molar-refractivity contribution is -0.141. The first-order chi connectivity index (χ1) is 16.5. The van der Waals surface area contributed by atoms with E-state index in [0.29, 0.717) is 11.5 Å². The van der Waals surface area contributed by atoms with Crippen LogP contribution in [0.25, 0.3) is 0 Å². The summed E-state index contributed by atoms with van der Waals surface area (Å²) in [5.74, 6) is 3.26. The number of carbonyl (C=O) groups is 1. The Morgan fingerprint density at radius 2 is 1.88 bits per heavy atom. The van der Waals surface area contributed by atoms with E-state index in [-0.39, 0.29) is 23.4 Å². The molecule has 8 nitrogen and oxygen atoms in total. The largest absolute Gasteiger partial charge is 0.350 e. The summed E-state index contributed by atoms with van der Waals surface area (Å²) in [5, 5.41) is 9.39. The van der Waals surface area contributed by atoms with Gasteiger partial charge in [0.2, 0.25) is 5.91 Å². The fraction of sp³-hybridized carbons (Fsp3) is 0.577. The van der Waals surface area contributed by atoms with Crippen LogP contribution in [0.2, 0.25) is 0 Å². The SMILES string of the molecule is CC1CN(C(=O)C2CCC2)[C@@H](C)CN1c1ncnc2c1C1(CCC1)CN2c1cc(C#N)ccn1. The predicted octanol–water partition coefficient (Wildman–Crippen LogP) is 3.54. The van der Waals surface area contributed by atoms with Gasteiger partial charge in [-0.15, -0.1) is 0 Å². The molecule has 1 unspecified atom stereocenters. The summed E-state index contributed by atoms with van der Waals surface area (Å²) in [6, 6.07) is 6.14. The number of anilines is 3. The van der Waals surface area contributed by atoms with Crippen molar-refractivity contribution in [3.05, 3.63) is 35.8 Å². The molecule has 4 aliphatic rings. The summed E-state index contributed by atoms with van der Waals surface area (Å²) in [5.41, 5.74) is 1.85. The quantitative estimate of drug-likeness (QED) is 0.696. The van der Waals surface area contributed by atoms with Gasteiger partial charge in [-0.1, -0.05) is 12.8 Å². The van der Waals surface area contributed by atoms with E-state index in [1.165, 1.54) is 18.4 Å². The molecule has 6 rings (SSSR count). The number of rotatable bonds is 3. The number of hydrogen-bond donors (Lipinski definition) is 0. The molecule has 8 heteroatoms. The Morgan fingerprint density at radius 1 is 1.09 bits per heavy atom. The number of hydrogen-bond acceptors (Lipinski definition) is 7. The maximum Gasteiger partial charge on any atom is 0.226 e. The minimum atomic E-state index is 0.0259. The second-order valence-corrected chi connectivity index (χ2v) is 10.6. The molecule has 2 saturated carbocycles. The number of nitriles is 1. The number of carbonyl (C=O) groups excluding carboxylic acids is 1. The predicted molar refractivity (Wildman–Crippen MR) is 129 cm³/mol. The fourth-order valence-corrected chi connectivity index (χ4v) is 6.18. The molecule has 1 saturated heterocycles. The molecule has 2 aromatic heterocycles. The van der Waals surface area contributed by atoms with E-state index in [4.69, 9.17) is 9.97 Å². The van der Waals surface area contributed by atoms with Crippen LogP contribution in [0.5, 0.6) is 0 Å². The number of amides is 1. The van der Waals surface area contributed by atoms with Crippen LogP contribution < -0.4 is 9.80 Å². The third kappa shape index (κ3) is 3.17. The summed E-state index contributed by atoms with van der Waals surface area (Å²) >= 11 is 0. The highest BCUT2D eigenvalue weighted by atomic mass is 16.2. The van der Waals surface area contributed by atoms with Crippen LogP contribution >= 0.6 is 0 Å². The maximum atomic E-state index is 13.0. The highest BCUT2D eigenvalue weighted by molar-refractivity contribution is 5.81. The zero-order chi connectivity index (χ0) is 23.4. The molecule has 34 heavy (non-hydrogen) atoms. The average molecular weight is 458 g/mol. The molecule has 2 aromatic rings. The van der Waals surface area contributed by atoms with Crippen molar-refractivity contribution >= 4 is 23.4 Å². The van der Waals surface area contributed by atoms with E-state index in [1.807, 2.05) is 6.07 Å². The molecule has 0 radical (unpaired) electrons. The first-order valence-electron chi connectivity index (χ1n) is 12.6. The number of nitrogens with zero attached hydrogens (tertiary/aromatic N) is 7. The Hall–Kier alpha value is -3.21. The highest BCUT2D eigenvalue weighted by Gasteiger charge is 2.52. The Kier molecular flexibility index (Phi) is 4.98. The van der Waals surface area contributed by atoms with Crippen molar-refractivity contribution in [3.8, 4) is 6.07 Å². The molecule has 2 aliphatic carbocycles. The molecular formula is C26H31N7O. The summed E-state index contributed by atoms with van der Waals surface area (Å²) in [6.07, 6.45) is 10.0. The van der Waals surface area contributed by atoms with E-state index in [9.17, 15) is 10.1 Å². The lowest BCUT2D eigenvalue weighted by atomic mass is 9.66. The molecule has 3 fully saturated rings. The highest BCUT2D eigenvalue weighted by Crippen LogP contribution is 2.56. The topological polar surface area (TPSA) is 89.3 Å². The van der Waals surface area contributed by atoms with Gasteiger partial charge in [-0.3, -0.25) is 4.79 Å². The van der Waals surface area contributed by atoms with E-state index < -0.39 is 0 Å². The minimum Gasteiger partial charge on any atom is -0.350 e. The van der Waals surface area contributed by atoms with E-state index in [2.05, 4.69) is 39.6 Å². The first-order valence-corrected chi connectivity index (χ1v) is 12.6. The van der Waals surface area contributed by atoms with Gasteiger partial charge in [0.25, 0.3) is 0 Å². The first kappa shape index (κ1) is 21.3. The Bertz CT molecular complexity index is 1170. The Labute approximate surface area is 200 Å². The summed E-state index contributed by atoms with van der Waals surface area (Å²) in [7, 11) is 0. The molecule has 2 atom stereocenters. The molecular weight excluding hydrogens is 426 g/mol. The van der Waals surface area contributed by atoms with Crippen LogP contribution in [0, 0.1) is 17.2 Å². The molecule has 0 N–H and O–H groups in total. The van der Waals surface area contributed by atoms with E-state index >= 15 is 0 Å². The Morgan fingerprint density at radius 3 is 2.56 bits per heavy atom. The van der Waals surface area contributed by atoms with Crippen molar-refractivity contribution in [2.75, 3.05) is 29.4 Å². The van der Waals surface area contributed by atoms with Crippen LogP contribution in [0.3, 0.4) is 0 Å². The number of piperazine rings is 1. The van der Waals surface area contributed by atoms with Crippen molar-refractivity contribution in [2.45, 2.75) is 69.9 Å². The van der Waals surface area contributed by atoms with Gasteiger partial charge in [-0.25, -0.2) is 15.0 Å². The number of aromatic nitrogens is 3. The van der Waals surface area contributed by atoms with Gasteiger partial charge in [0, 0.05) is 54.8 Å². The van der Waals surface area contributed by atoms with Crippen molar-refractivity contribution in [3.63, 3.8) is 0 Å². The standard InChI is InChI=1S/C26H31N7O/c1-17-14-32(25(34)20-5-3-6-20)18(2)13-31(17)23-22-24(30-16-29-23)33(15-26(22)8-4-9-26)21-11-19(12-27)7-10-28-21/h7,10-11,16-18,20H,3-6,8-9,13-15H2,1-2H3/t17?,18-/m0/s1. The van der Waals surface area contributed by atoms with Gasteiger partial charge >= 0.3 is 0 Å². The summed E-state index contributed by atoms with van der Waals surface area (Å²) in [4.78, 5) is 33.9. The lowest BCUT2D eigenvalue weighted by Crippen LogP contribution is -2.60. The van der Waals surface area contributed by atoms with Crippen LogP contribution in [0.1, 0.15) is 63.5 Å². The van der Waals surface area contributed by atoms with Crippen LogP contribution in [-0.4, -0.2) is 57.5 Å². The van der Waals surface area contributed by atoms with Crippen molar-refractivity contribution < 1.29 is 4.79 Å². The second-order valence-electron chi connectivity index (χ2n) is 10.6. The van der Waals surface area contributed by atoms with Gasteiger partial charge in [0.05, 0.1) is 11.6 Å². The van der Waals surface area contributed by atoms with Crippen LogP contribution in [0.15, 0.2) is 24.7 Å². The molecule has 0 aromatic carbocycles. The van der Waals surface area contributed by atoms with Crippen molar-refractivity contribution in [2.24, 2.45) is 5.92 Å². The third-order valence-corrected chi connectivity index (χ3v) is 8.51. The van der Waals surface area contributed by atoms with Gasteiger partial charge < -0.3 is 14.7 Å². The molecule has 2 aliphatic heterocycles. The van der Waals surface area contributed by atoms with Crippen LogP contribution in [0.4, 0.5) is 17.5 Å². The third-order valence-electron chi connectivity index (χ3n) is 8.51. The smallest absolute Gasteiger partial charge is 0.226 e. The average Bonchev–Trinajstić information content (AvgIpc) is 3.16. The zero-order valence-electron chi connectivity index (χ0n) is 19.9. The fourth-order valence-electron chi connectivity index (χ4n) is 6.18. The molecule has 4 heterocycles. The molecule has 176 valence electrons. The molecule has 1 spiro atoms. The lowest BCUT2D eigenvalue weighted by Gasteiger charge is -2.48.